The molecule has 29 heavy (non-hydrogen) atoms. The number of hydrogen-bond donors (Lipinski definition) is 2. The average Bonchev–Trinajstić information content (AvgIpc) is 3.30. The van der Waals surface area contributed by atoms with Crippen LogP contribution in [0.2, 0.25) is 0 Å². The second-order valence-electron chi connectivity index (χ2n) is 6.39. The summed E-state index contributed by atoms with van der Waals surface area (Å²) in [5, 5.41) is 10.7. The fraction of sp³-hybridized carbons (Fsp3) is 0.263. The number of amides is 1. The molecule has 0 bridgehead atoms. The highest BCUT2D eigenvalue weighted by Crippen LogP contribution is 2.33. The number of thiophene rings is 1. The van der Waals surface area contributed by atoms with E-state index >= 15 is 0 Å². The number of methoxy groups -OCH3 is 1. The van der Waals surface area contributed by atoms with E-state index in [0.717, 1.165) is 16.2 Å². The Morgan fingerprint density at radius 3 is 3.03 bits per heavy atom. The van der Waals surface area contributed by atoms with Crippen molar-refractivity contribution in [3.05, 3.63) is 52.5 Å². The summed E-state index contributed by atoms with van der Waals surface area (Å²) in [6.45, 7) is 2.89. The molecule has 0 aliphatic rings. The van der Waals surface area contributed by atoms with Gasteiger partial charge >= 0.3 is 0 Å². The van der Waals surface area contributed by atoms with E-state index in [0.29, 0.717) is 34.7 Å². The summed E-state index contributed by atoms with van der Waals surface area (Å²) in [4.78, 5) is 21.5. The molecule has 0 radical (unpaired) electrons. The van der Waals surface area contributed by atoms with Crippen molar-refractivity contribution in [2.24, 2.45) is 0 Å². The normalized spacial score (nSPS) is 11.3. The van der Waals surface area contributed by atoms with Crippen molar-refractivity contribution < 1.29 is 13.9 Å². The summed E-state index contributed by atoms with van der Waals surface area (Å²) in [6, 6.07) is 6.68. The highest BCUT2D eigenvalue weighted by Gasteiger charge is 2.20. The van der Waals surface area contributed by atoms with Crippen LogP contribution in [0.1, 0.15) is 20.9 Å². The van der Waals surface area contributed by atoms with Crippen molar-refractivity contribution in [2.75, 3.05) is 25.5 Å². The first-order valence-electron chi connectivity index (χ1n) is 8.96. The van der Waals surface area contributed by atoms with Gasteiger partial charge in [-0.3, -0.25) is 4.79 Å². The number of anilines is 1. The molecule has 0 saturated carbocycles. The molecular weight excluding hydrogens is 395 g/mol. The second-order valence-corrected chi connectivity index (χ2v) is 7.45. The number of carbonyl (C=O) groups is 1. The molecule has 0 spiro atoms. The van der Waals surface area contributed by atoms with Crippen LogP contribution in [0.3, 0.4) is 0 Å². The third-order valence-electron chi connectivity index (χ3n) is 4.35. The summed E-state index contributed by atoms with van der Waals surface area (Å²) in [5.41, 5.74) is 1.39. The Kier molecular flexibility index (Phi) is 5.36. The van der Waals surface area contributed by atoms with Crippen LogP contribution in [0, 0.1) is 12.7 Å². The second kappa shape index (κ2) is 8.10. The summed E-state index contributed by atoms with van der Waals surface area (Å²) in [5.74, 6) is 0.643. The van der Waals surface area contributed by atoms with E-state index in [2.05, 4.69) is 25.7 Å². The molecule has 3 heterocycles. The van der Waals surface area contributed by atoms with Gasteiger partial charge < -0.3 is 15.4 Å². The van der Waals surface area contributed by atoms with Gasteiger partial charge in [0.1, 0.15) is 18.0 Å². The molecule has 0 aliphatic carbocycles. The van der Waals surface area contributed by atoms with Crippen LogP contribution in [0.25, 0.3) is 15.9 Å². The predicted octanol–water partition coefficient (Wildman–Crippen LogP) is 2.77. The van der Waals surface area contributed by atoms with Crippen molar-refractivity contribution in [1.82, 2.24) is 24.9 Å². The summed E-state index contributed by atoms with van der Waals surface area (Å²) in [6.07, 6.45) is 1.44. The number of carbonyl (C=O) groups excluding carboxylic acids is 1. The van der Waals surface area contributed by atoms with E-state index in [9.17, 15) is 9.18 Å². The number of aromatic nitrogens is 4. The number of ether oxygens (including phenoxy) is 1. The number of halogens is 1. The van der Waals surface area contributed by atoms with Gasteiger partial charge in [-0.05, 0) is 19.1 Å². The first-order chi connectivity index (χ1) is 14.1. The summed E-state index contributed by atoms with van der Waals surface area (Å²) < 4.78 is 21.8. The van der Waals surface area contributed by atoms with Gasteiger partial charge in [-0.1, -0.05) is 6.07 Å². The average molecular weight is 414 g/mol. The van der Waals surface area contributed by atoms with E-state index in [1.165, 1.54) is 30.8 Å². The molecule has 3 aromatic heterocycles. The lowest BCUT2D eigenvalue weighted by molar-refractivity contribution is 0.0955. The largest absolute Gasteiger partial charge is 0.380 e. The van der Waals surface area contributed by atoms with Gasteiger partial charge in [-0.25, -0.2) is 9.37 Å². The Labute approximate surface area is 169 Å². The minimum Gasteiger partial charge on any atom is -0.380 e. The van der Waals surface area contributed by atoms with Crippen molar-refractivity contribution in [2.45, 2.75) is 13.5 Å². The molecule has 0 atom stereocenters. The molecule has 4 rings (SSSR count). The van der Waals surface area contributed by atoms with Crippen LogP contribution in [-0.4, -0.2) is 45.7 Å². The molecule has 4 aromatic rings. The smallest absolute Gasteiger partial charge is 0.261 e. The molecule has 0 aliphatic heterocycles. The Morgan fingerprint density at radius 1 is 1.34 bits per heavy atom. The Hall–Kier alpha value is -3.11. The maximum atomic E-state index is 14.3. The molecule has 1 aromatic carbocycles. The van der Waals surface area contributed by atoms with Crippen molar-refractivity contribution in [3.63, 3.8) is 0 Å². The predicted molar refractivity (Wildman–Crippen MR) is 109 cm³/mol. The van der Waals surface area contributed by atoms with Gasteiger partial charge in [0.25, 0.3) is 11.7 Å². The van der Waals surface area contributed by atoms with Crippen molar-refractivity contribution in [1.29, 1.82) is 0 Å². The number of rotatable bonds is 7. The Morgan fingerprint density at radius 2 is 2.21 bits per heavy atom. The molecule has 0 saturated heterocycles. The first-order valence-corrected chi connectivity index (χ1v) is 9.78. The van der Waals surface area contributed by atoms with Gasteiger partial charge in [0.2, 0.25) is 0 Å². The Balaban J connectivity index is 1.45. The summed E-state index contributed by atoms with van der Waals surface area (Å²) in [7, 11) is 1.53. The molecule has 10 heteroatoms. The topological polar surface area (TPSA) is 93.4 Å². The van der Waals surface area contributed by atoms with Crippen LogP contribution in [0.15, 0.2) is 30.6 Å². The highest BCUT2D eigenvalue weighted by molar-refractivity contribution is 7.21. The van der Waals surface area contributed by atoms with E-state index in [-0.39, 0.29) is 18.3 Å². The van der Waals surface area contributed by atoms with E-state index in [4.69, 9.17) is 4.74 Å². The zero-order chi connectivity index (χ0) is 20.4. The summed E-state index contributed by atoms with van der Waals surface area (Å²) >= 11 is 1.26. The minimum atomic E-state index is -0.351. The van der Waals surface area contributed by atoms with Gasteiger partial charge in [0.15, 0.2) is 0 Å². The van der Waals surface area contributed by atoms with Crippen LogP contribution in [0.4, 0.5) is 10.2 Å². The SMILES string of the molecule is COCc1c(C(=O)NCCNc2cc(C)nc3ncnn23)sc2cccc(F)c12. The first kappa shape index (κ1) is 19.2. The number of nitrogens with one attached hydrogen (secondary N) is 2. The zero-order valence-electron chi connectivity index (χ0n) is 15.9. The molecule has 0 unspecified atom stereocenters. The van der Waals surface area contributed by atoms with Gasteiger partial charge in [-0.2, -0.15) is 14.6 Å². The lowest BCUT2D eigenvalue weighted by Crippen LogP contribution is -2.29. The molecule has 8 nitrogen and oxygen atoms in total. The van der Waals surface area contributed by atoms with Crippen LogP contribution >= 0.6 is 11.3 Å². The van der Waals surface area contributed by atoms with Crippen LogP contribution in [-0.2, 0) is 11.3 Å². The molecule has 1 amide bonds. The van der Waals surface area contributed by atoms with Gasteiger partial charge in [0.05, 0.1) is 11.5 Å². The van der Waals surface area contributed by atoms with Gasteiger partial charge in [-0.15, -0.1) is 11.3 Å². The third-order valence-corrected chi connectivity index (χ3v) is 5.55. The number of fused-ring (bicyclic) bond motifs is 2. The highest BCUT2D eigenvalue weighted by atomic mass is 32.1. The van der Waals surface area contributed by atoms with E-state index < -0.39 is 0 Å². The Bertz CT molecular complexity index is 1190. The van der Waals surface area contributed by atoms with Crippen molar-refractivity contribution in [3.8, 4) is 0 Å². The van der Waals surface area contributed by atoms with Crippen molar-refractivity contribution >= 4 is 38.9 Å². The third kappa shape index (κ3) is 3.76. The number of hydrogen-bond acceptors (Lipinski definition) is 7. The standard InChI is InChI=1S/C19H19FN6O2S/c1-11-8-15(26-19(25-11)23-10-24-26)21-6-7-22-18(27)17-12(9-28-2)16-13(20)4-3-5-14(16)29-17/h3-5,8,10,21H,6-7,9H2,1-2H3,(H,22,27). The maximum absolute atomic E-state index is 14.3. The lowest BCUT2D eigenvalue weighted by Gasteiger charge is -2.10. The molecule has 0 fully saturated rings. The monoisotopic (exact) mass is 414 g/mol. The zero-order valence-corrected chi connectivity index (χ0v) is 16.7. The van der Waals surface area contributed by atoms with Crippen LogP contribution < -0.4 is 10.6 Å². The minimum absolute atomic E-state index is 0.169. The van der Waals surface area contributed by atoms with Gasteiger partial charge in [0, 0.05) is 47.6 Å². The molecular formula is C19H19FN6O2S. The van der Waals surface area contributed by atoms with Crippen LogP contribution in [0.5, 0.6) is 0 Å². The molecule has 150 valence electrons. The number of benzene rings is 1. The lowest BCUT2D eigenvalue weighted by atomic mass is 10.1. The van der Waals surface area contributed by atoms with E-state index in [1.807, 2.05) is 13.0 Å². The fourth-order valence-electron chi connectivity index (χ4n) is 3.14. The molecule has 2 N–H and O–H groups in total. The quantitative estimate of drug-likeness (QED) is 0.452. The number of nitrogens with zero attached hydrogens (tertiary/aromatic N) is 4. The maximum Gasteiger partial charge on any atom is 0.261 e. The fourth-order valence-corrected chi connectivity index (χ4v) is 4.27. The van der Waals surface area contributed by atoms with E-state index in [1.54, 1.807) is 16.6 Å². The number of aryl methyl sites for hydroxylation is 1.